The van der Waals surface area contributed by atoms with Crippen LogP contribution in [0.25, 0.3) is 0 Å². The van der Waals surface area contributed by atoms with Crippen molar-refractivity contribution in [3.63, 3.8) is 0 Å². The number of carbonyl (C=O) groups excluding carboxylic acids is 1. The molecule has 96 valence electrons. The third-order valence-electron chi connectivity index (χ3n) is 4.10. The van der Waals surface area contributed by atoms with Gasteiger partial charge in [-0.1, -0.05) is 15.9 Å². The summed E-state index contributed by atoms with van der Waals surface area (Å²) >= 11 is 3.39. The SMILES string of the molecule is O=C(c1ccc(Br)cc1)N1CC2(CCNCC2)C1. The molecular weight excluding hydrogens is 292 g/mol. The molecule has 1 N–H and O–H groups in total. The van der Waals surface area contributed by atoms with E-state index in [9.17, 15) is 4.79 Å². The van der Waals surface area contributed by atoms with Crippen LogP contribution >= 0.6 is 15.9 Å². The molecule has 0 saturated carbocycles. The van der Waals surface area contributed by atoms with E-state index in [-0.39, 0.29) is 5.91 Å². The van der Waals surface area contributed by atoms with Crippen molar-refractivity contribution in [1.82, 2.24) is 10.2 Å². The Morgan fingerprint density at radius 1 is 1.17 bits per heavy atom. The number of halogens is 1. The molecule has 2 fully saturated rings. The van der Waals surface area contributed by atoms with Crippen LogP contribution in [0.1, 0.15) is 23.2 Å². The summed E-state index contributed by atoms with van der Waals surface area (Å²) in [5, 5.41) is 3.38. The average molecular weight is 309 g/mol. The van der Waals surface area contributed by atoms with Gasteiger partial charge >= 0.3 is 0 Å². The minimum Gasteiger partial charge on any atom is -0.337 e. The first-order valence-electron chi connectivity index (χ1n) is 6.44. The molecule has 3 rings (SSSR count). The van der Waals surface area contributed by atoms with Gasteiger partial charge < -0.3 is 10.2 Å². The summed E-state index contributed by atoms with van der Waals surface area (Å²) < 4.78 is 1.01. The van der Waals surface area contributed by atoms with E-state index < -0.39 is 0 Å². The van der Waals surface area contributed by atoms with Gasteiger partial charge in [0.25, 0.3) is 5.91 Å². The van der Waals surface area contributed by atoms with Gasteiger partial charge in [-0.15, -0.1) is 0 Å². The summed E-state index contributed by atoms with van der Waals surface area (Å²) in [6.07, 6.45) is 2.41. The predicted octanol–water partition coefficient (Wildman–Crippen LogP) is 2.27. The van der Waals surface area contributed by atoms with Gasteiger partial charge in [0.05, 0.1) is 0 Å². The van der Waals surface area contributed by atoms with Crippen molar-refractivity contribution in [2.75, 3.05) is 26.2 Å². The van der Waals surface area contributed by atoms with Crippen LogP contribution in [0.4, 0.5) is 0 Å². The van der Waals surface area contributed by atoms with Crippen molar-refractivity contribution >= 4 is 21.8 Å². The first kappa shape index (κ1) is 12.2. The van der Waals surface area contributed by atoms with Gasteiger partial charge in [-0.3, -0.25) is 4.79 Å². The molecule has 3 nitrogen and oxygen atoms in total. The molecule has 2 aliphatic rings. The topological polar surface area (TPSA) is 32.3 Å². The molecule has 2 aliphatic heterocycles. The van der Waals surface area contributed by atoms with E-state index in [1.807, 2.05) is 29.2 Å². The maximum atomic E-state index is 12.3. The van der Waals surface area contributed by atoms with Crippen LogP contribution in [0, 0.1) is 5.41 Å². The van der Waals surface area contributed by atoms with E-state index in [1.165, 1.54) is 12.8 Å². The number of amides is 1. The number of carbonyl (C=O) groups is 1. The maximum absolute atomic E-state index is 12.3. The second kappa shape index (κ2) is 4.67. The summed E-state index contributed by atoms with van der Waals surface area (Å²) in [7, 11) is 0. The summed E-state index contributed by atoms with van der Waals surface area (Å²) in [5.74, 6) is 0.173. The molecule has 0 aliphatic carbocycles. The van der Waals surface area contributed by atoms with Crippen molar-refractivity contribution < 1.29 is 4.79 Å². The van der Waals surface area contributed by atoms with Crippen molar-refractivity contribution in [2.45, 2.75) is 12.8 Å². The first-order valence-corrected chi connectivity index (χ1v) is 7.23. The summed E-state index contributed by atoms with van der Waals surface area (Å²) in [6, 6.07) is 7.63. The second-order valence-electron chi connectivity index (χ2n) is 5.42. The lowest BCUT2D eigenvalue weighted by Crippen LogP contribution is -2.61. The molecule has 0 bridgehead atoms. The number of hydrogen-bond donors (Lipinski definition) is 1. The second-order valence-corrected chi connectivity index (χ2v) is 6.33. The Kier molecular flexibility index (Phi) is 3.16. The number of likely N-dealkylation sites (tertiary alicyclic amines) is 1. The lowest BCUT2D eigenvalue weighted by molar-refractivity contribution is -0.0113. The third kappa shape index (κ3) is 2.19. The quantitative estimate of drug-likeness (QED) is 0.863. The normalized spacial score (nSPS) is 21.7. The van der Waals surface area contributed by atoms with Crippen LogP contribution < -0.4 is 5.32 Å². The van der Waals surface area contributed by atoms with E-state index in [1.54, 1.807) is 0 Å². The average Bonchev–Trinajstić information content (AvgIpc) is 2.37. The van der Waals surface area contributed by atoms with Crippen molar-refractivity contribution in [1.29, 1.82) is 0 Å². The fraction of sp³-hybridized carbons (Fsp3) is 0.500. The Morgan fingerprint density at radius 2 is 1.78 bits per heavy atom. The maximum Gasteiger partial charge on any atom is 0.253 e. The smallest absolute Gasteiger partial charge is 0.253 e. The van der Waals surface area contributed by atoms with Gasteiger partial charge in [0, 0.05) is 28.5 Å². The predicted molar refractivity (Wildman–Crippen MR) is 74.6 cm³/mol. The summed E-state index contributed by atoms with van der Waals surface area (Å²) in [4.78, 5) is 14.2. The summed E-state index contributed by atoms with van der Waals surface area (Å²) in [6.45, 7) is 4.06. The minimum atomic E-state index is 0.173. The van der Waals surface area contributed by atoms with Crippen LogP contribution in [0.3, 0.4) is 0 Å². The van der Waals surface area contributed by atoms with Crippen molar-refractivity contribution in [3.05, 3.63) is 34.3 Å². The van der Waals surface area contributed by atoms with E-state index in [2.05, 4.69) is 21.2 Å². The zero-order valence-electron chi connectivity index (χ0n) is 10.3. The number of nitrogens with zero attached hydrogens (tertiary/aromatic N) is 1. The Balaban J connectivity index is 1.64. The lowest BCUT2D eigenvalue weighted by Gasteiger charge is -2.52. The molecule has 2 heterocycles. The standard InChI is InChI=1S/C14H17BrN2O/c15-12-3-1-11(2-4-12)13(18)17-9-14(10-17)5-7-16-8-6-14/h1-4,16H,5-10H2. The van der Waals surface area contributed by atoms with E-state index in [0.29, 0.717) is 5.41 Å². The minimum absolute atomic E-state index is 0.173. The molecular formula is C14H17BrN2O. The number of hydrogen-bond acceptors (Lipinski definition) is 2. The molecule has 0 radical (unpaired) electrons. The fourth-order valence-electron chi connectivity index (χ4n) is 2.96. The Hall–Kier alpha value is -0.870. The molecule has 18 heavy (non-hydrogen) atoms. The van der Waals surface area contributed by atoms with Gasteiger partial charge in [-0.2, -0.15) is 0 Å². The van der Waals surface area contributed by atoms with Crippen LogP contribution in [0.5, 0.6) is 0 Å². The summed E-state index contributed by atoms with van der Waals surface area (Å²) in [5.41, 5.74) is 1.21. The molecule has 1 amide bonds. The molecule has 2 saturated heterocycles. The van der Waals surface area contributed by atoms with Crippen LogP contribution in [-0.4, -0.2) is 37.0 Å². The zero-order chi connectivity index (χ0) is 12.6. The molecule has 4 heteroatoms. The van der Waals surface area contributed by atoms with Crippen molar-refractivity contribution in [3.8, 4) is 0 Å². The zero-order valence-corrected chi connectivity index (χ0v) is 11.9. The van der Waals surface area contributed by atoms with Crippen LogP contribution in [0.15, 0.2) is 28.7 Å². The number of rotatable bonds is 1. The van der Waals surface area contributed by atoms with Gasteiger partial charge in [0.2, 0.25) is 0 Å². The number of piperidine rings is 1. The molecule has 0 unspecified atom stereocenters. The van der Waals surface area contributed by atoms with E-state index in [0.717, 1.165) is 36.2 Å². The highest BCUT2D eigenvalue weighted by molar-refractivity contribution is 9.10. The molecule has 0 atom stereocenters. The van der Waals surface area contributed by atoms with Crippen LogP contribution in [-0.2, 0) is 0 Å². The van der Waals surface area contributed by atoms with E-state index in [4.69, 9.17) is 0 Å². The molecule has 1 aromatic carbocycles. The van der Waals surface area contributed by atoms with Gasteiger partial charge in [-0.25, -0.2) is 0 Å². The van der Waals surface area contributed by atoms with Gasteiger partial charge in [0.15, 0.2) is 0 Å². The number of nitrogens with one attached hydrogen (secondary N) is 1. The van der Waals surface area contributed by atoms with Crippen LogP contribution in [0.2, 0.25) is 0 Å². The molecule has 0 aromatic heterocycles. The molecule has 1 spiro atoms. The van der Waals surface area contributed by atoms with Crippen molar-refractivity contribution in [2.24, 2.45) is 5.41 Å². The Labute approximate surface area is 116 Å². The van der Waals surface area contributed by atoms with E-state index >= 15 is 0 Å². The highest BCUT2D eigenvalue weighted by atomic mass is 79.9. The Morgan fingerprint density at radius 3 is 2.39 bits per heavy atom. The molecule has 1 aromatic rings. The third-order valence-corrected chi connectivity index (χ3v) is 4.62. The number of benzene rings is 1. The monoisotopic (exact) mass is 308 g/mol. The fourth-order valence-corrected chi connectivity index (χ4v) is 3.22. The highest BCUT2D eigenvalue weighted by Gasteiger charge is 2.45. The van der Waals surface area contributed by atoms with Gasteiger partial charge in [0.1, 0.15) is 0 Å². The highest BCUT2D eigenvalue weighted by Crippen LogP contribution is 2.39. The first-order chi connectivity index (χ1) is 8.69. The Bertz CT molecular complexity index is 443. The van der Waals surface area contributed by atoms with Gasteiger partial charge in [-0.05, 0) is 50.2 Å². The largest absolute Gasteiger partial charge is 0.337 e. The lowest BCUT2D eigenvalue weighted by atomic mass is 9.72.